The van der Waals surface area contributed by atoms with E-state index in [0.29, 0.717) is 36.3 Å². The van der Waals surface area contributed by atoms with E-state index in [1.165, 1.54) is 18.3 Å². The molecule has 3 aromatic rings. The Bertz CT molecular complexity index is 1390. The molecule has 1 unspecified atom stereocenters. The van der Waals surface area contributed by atoms with E-state index in [-0.39, 0.29) is 26.8 Å². The van der Waals surface area contributed by atoms with Gasteiger partial charge in [-0.2, -0.15) is 0 Å². The van der Waals surface area contributed by atoms with E-state index in [9.17, 15) is 13.2 Å². The van der Waals surface area contributed by atoms with Crippen LogP contribution in [0.1, 0.15) is 43.1 Å². The highest BCUT2D eigenvalue weighted by molar-refractivity contribution is 7.91. The van der Waals surface area contributed by atoms with Crippen molar-refractivity contribution >= 4 is 39.0 Å². The number of nitrogens with two attached hydrogens (primary N) is 1. The second-order valence-corrected chi connectivity index (χ2v) is 12.0. The number of halogens is 1. The molecule has 3 N–H and O–H groups in total. The predicted molar refractivity (Wildman–Crippen MR) is 141 cm³/mol. The lowest BCUT2D eigenvalue weighted by Gasteiger charge is -2.33. The van der Waals surface area contributed by atoms with Crippen LogP contribution in [0.15, 0.2) is 64.6 Å². The molecule has 8 nitrogen and oxygen atoms in total. The van der Waals surface area contributed by atoms with Crippen LogP contribution in [-0.2, 0) is 16.3 Å². The highest BCUT2D eigenvalue weighted by Crippen LogP contribution is 2.39. The monoisotopic (exact) mass is 527 g/mol. The molecule has 190 valence electrons. The van der Waals surface area contributed by atoms with Gasteiger partial charge in [-0.3, -0.25) is 4.79 Å². The third-order valence-electron chi connectivity index (χ3n) is 6.41. The van der Waals surface area contributed by atoms with Crippen LogP contribution in [0.25, 0.3) is 0 Å². The maximum absolute atomic E-state index is 13.7. The smallest absolute Gasteiger partial charge is 0.253 e. The van der Waals surface area contributed by atoms with Crippen molar-refractivity contribution in [2.24, 2.45) is 11.7 Å². The Morgan fingerprint density at radius 2 is 1.94 bits per heavy atom. The van der Waals surface area contributed by atoms with Crippen LogP contribution in [0.2, 0.25) is 5.02 Å². The average Bonchev–Trinajstić information content (AvgIpc) is 3.11. The number of nitrogens with zero attached hydrogens (tertiary/aromatic N) is 3. The first-order valence-electron chi connectivity index (χ1n) is 11.8. The first-order chi connectivity index (χ1) is 17.0. The second-order valence-electron chi connectivity index (χ2n) is 9.74. The zero-order valence-electron chi connectivity index (χ0n) is 20.5. The van der Waals surface area contributed by atoms with E-state index < -0.39 is 15.7 Å². The molecule has 1 fully saturated rings. The normalized spacial score (nSPS) is 17.2. The molecular formula is C26H30ClN5O3S. The van der Waals surface area contributed by atoms with Crippen LogP contribution < -0.4 is 16.0 Å². The molecule has 1 saturated heterocycles. The largest absolute Gasteiger partial charge is 0.370 e. The molecule has 0 bridgehead atoms. The first-order valence-corrected chi connectivity index (χ1v) is 13.6. The molecular weight excluding hydrogens is 498 g/mol. The van der Waals surface area contributed by atoms with Gasteiger partial charge in [-0.15, -0.1) is 0 Å². The number of nitrogens with one attached hydrogen (secondary N) is 1. The van der Waals surface area contributed by atoms with Crippen molar-refractivity contribution in [1.82, 2.24) is 9.97 Å². The summed E-state index contributed by atoms with van der Waals surface area (Å²) in [6.45, 7) is 7.36. The molecule has 1 atom stereocenters. The fourth-order valence-corrected chi connectivity index (χ4v) is 6.49. The van der Waals surface area contributed by atoms with Crippen molar-refractivity contribution in [2.45, 2.75) is 49.1 Å². The van der Waals surface area contributed by atoms with Crippen LogP contribution in [0.5, 0.6) is 0 Å². The van der Waals surface area contributed by atoms with E-state index >= 15 is 0 Å². The summed E-state index contributed by atoms with van der Waals surface area (Å²) in [6.07, 6.45) is 2.93. The van der Waals surface area contributed by atoms with Gasteiger partial charge in [-0.1, -0.05) is 42.8 Å². The molecule has 1 aliphatic rings. The minimum Gasteiger partial charge on any atom is -0.370 e. The highest BCUT2D eigenvalue weighted by atomic mass is 35.5. The highest BCUT2D eigenvalue weighted by Gasteiger charge is 2.40. The van der Waals surface area contributed by atoms with Gasteiger partial charge >= 0.3 is 0 Å². The van der Waals surface area contributed by atoms with Crippen LogP contribution in [-0.4, -0.2) is 42.9 Å². The number of carbonyl (C=O) groups is 1. The Morgan fingerprint density at radius 1 is 1.19 bits per heavy atom. The molecule has 3 heterocycles. The standard InChI is InChI=1S/C26H30ClN5O3S/c1-17-15-26(2,3)32(16-17)25-23(24(28)33)20(12-14-30-25)36(34,35)22-10-6-9-21(31-22)29-13-11-18-7-4-5-8-19(18)27/h4-10,12,14,17H,11,13,15-16H2,1-3H3,(H2,28,33)(H,29,31). The topological polar surface area (TPSA) is 118 Å². The molecule has 4 rings (SSSR count). The van der Waals surface area contributed by atoms with Crippen molar-refractivity contribution in [3.05, 3.63) is 70.9 Å². The van der Waals surface area contributed by atoms with Crippen molar-refractivity contribution in [1.29, 1.82) is 0 Å². The van der Waals surface area contributed by atoms with Gasteiger partial charge in [0.15, 0.2) is 5.03 Å². The van der Waals surface area contributed by atoms with E-state index in [2.05, 4.69) is 22.2 Å². The van der Waals surface area contributed by atoms with Crippen LogP contribution in [0, 0.1) is 5.92 Å². The third-order valence-corrected chi connectivity index (χ3v) is 8.48. The Hall–Kier alpha value is -3.17. The number of aromatic nitrogens is 2. The summed E-state index contributed by atoms with van der Waals surface area (Å²) in [6, 6.07) is 13.5. The lowest BCUT2D eigenvalue weighted by molar-refractivity contribution is 0.0997. The molecule has 2 aromatic heterocycles. The van der Waals surface area contributed by atoms with Gasteiger partial charge in [0.2, 0.25) is 9.84 Å². The van der Waals surface area contributed by atoms with Crippen molar-refractivity contribution in [3.63, 3.8) is 0 Å². The summed E-state index contributed by atoms with van der Waals surface area (Å²) in [5.74, 6) is 0.193. The predicted octanol–water partition coefficient (Wildman–Crippen LogP) is 4.34. The third kappa shape index (κ3) is 5.17. The van der Waals surface area contributed by atoms with Gasteiger partial charge in [0, 0.05) is 29.8 Å². The van der Waals surface area contributed by atoms with Gasteiger partial charge in [0.25, 0.3) is 5.91 Å². The zero-order chi connectivity index (χ0) is 26.1. The number of carbonyl (C=O) groups excluding carboxylic acids is 1. The molecule has 0 saturated carbocycles. The van der Waals surface area contributed by atoms with Crippen molar-refractivity contribution < 1.29 is 13.2 Å². The summed E-state index contributed by atoms with van der Waals surface area (Å²) in [4.78, 5) is 23.1. The minimum absolute atomic E-state index is 0.112. The number of sulfone groups is 1. The zero-order valence-corrected chi connectivity index (χ0v) is 22.1. The number of benzene rings is 1. The summed E-state index contributed by atoms with van der Waals surface area (Å²) in [5, 5.41) is 3.64. The van der Waals surface area contributed by atoms with Gasteiger partial charge in [-0.05, 0) is 62.4 Å². The number of amides is 1. The number of anilines is 2. The molecule has 1 aliphatic heterocycles. The van der Waals surface area contributed by atoms with Crippen LogP contribution in [0.4, 0.5) is 11.6 Å². The van der Waals surface area contributed by atoms with Gasteiger partial charge in [0.05, 0.1) is 4.90 Å². The van der Waals surface area contributed by atoms with E-state index in [0.717, 1.165) is 12.0 Å². The summed E-state index contributed by atoms with van der Waals surface area (Å²) in [5.41, 5.74) is 6.29. The number of pyridine rings is 2. The number of hydrogen-bond acceptors (Lipinski definition) is 7. The Morgan fingerprint density at radius 3 is 2.61 bits per heavy atom. The molecule has 0 aliphatic carbocycles. The maximum Gasteiger partial charge on any atom is 0.253 e. The van der Waals surface area contributed by atoms with Crippen LogP contribution in [0.3, 0.4) is 0 Å². The fraction of sp³-hybridized carbons (Fsp3) is 0.346. The van der Waals surface area contributed by atoms with E-state index in [4.69, 9.17) is 17.3 Å². The summed E-state index contributed by atoms with van der Waals surface area (Å²) in [7, 11) is -4.16. The number of rotatable bonds is 8. The number of primary amides is 1. The Labute approximate surface area is 216 Å². The summed E-state index contributed by atoms with van der Waals surface area (Å²) < 4.78 is 27.4. The summed E-state index contributed by atoms with van der Waals surface area (Å²) >= 11 is 6.22. The SMILES string of the molecule is CC1CN(c2nccc(S(=O)(=O)c3cccc(NCCc4ccccc4Cl)n3)c2C(N)=O)C(C)(C)C1. The molecule has 36 heavy (non-hydrogen) atoms. The van der Waals surface area contributed by atoms with Crippen molar-refractivity contribution in [2.75, 3.05) is 23.3 Å². The lowest BCUT2D eigenvalue weighted by atomic mass is 9.97. The molecule has 0 radical (unpaired) electrons. The van der Waals surface area contributed by atoms with Gasteiger partial charge < -0.3 is 16.0 Å². The minimum atomic E-state index is -4.16. The Kier molecular flexibility index (Phi) is 7.24. The molecule has 1 aromatic carbocycles. The Balaban J connectivity index is 1.65. The van der Waals surface area contributed by atoms with Crippen molar-refractivity contribution in [3.8, 4) is 0 Å². The molecule has 10 heteroatoms. The van der Waals surface area contributed by atoms with Gasteiger partial charge in [0.1, 0.15) is 17.2 Å². The second kappa shape index (κ2) is 10.1. The number of hydrogen-bond donors (Lipinski definition) is 2. The van der Waals surface area contributed by atoms with E-state index in [1.807, 2.05) is 43.0 Å². The first kappa shape index (κ1) is 25.9. The fourth-order valence-electron chi connectivity index (χ4n) is 4.86. The molecule has 1 amide bonds. The van der Waals surface area contributed by atoms with Crippen LogP contribution >= 0.6 is 11.6 Å². The maximum atomic E-state index is 13.7. The lowest BCUT2D eigenvalue weighted by Crippen LogP contribution is -2.40. The van der Waals surface area contributed by atoms with Gasteiger partial charge in [-0.25, -0.2) is 18.4 Å². The quantitative estimate of drug-likeness (QED) is 0.447. The molecule has 0 spiro atoms. The van der Waals surface area contributed by atoms with E-state index in [1.54, 1.807) is 12.1 Å². The average molecular weight is 528 g/mol.